The summed E-state index contributed by atoms with van der Waals surface area (Å²) in [5, 5.41) is 2.92. The number of benzene rings is 2. The third-order valence-electron chi connectivity index (χ3n) is 5.88. The minimum absolute atomic E-state index is 0.0354. The van der Waals surface area contributed by atoms with Crippen LogP contribution in [-0.4, -0.2) is 49.4 Å². The summed E-state index contributed by atoms with van der Waals surface area (Å²) in [6.07, 6.45) is 0.165. The van der Waals surface area contributed by atoms with Gasteiger partial charge in [0.1, 0.15) is 5.75 Å². The van der Waals surface area contributed by atoms with Crippen LogP contribution in [0.3, 0.4) is 0 Å². The molecule has 2 aromatic carbocycles. The molecule has 3 amide bonds. The first-order valence-electron chi connectivity index (χ1n) is 10.8. The van der Waals surface area contributed by atoms with E-state index in [4.69, 9.17) is 4.74 Å². The average molecular weight is 438 g/mol. The molecule has 1 fully saturated rings. The van der Waals surface area contributed by atoms with Gasteiger partial charge in [0.2, 0.25) is 11.8 Å². The molecule has 1 heterocycles. The number of aryl methyl sites for hydroxylation is 1. The van der Waals surface area contributed by atoms with Crippen LogP contribution in [0, 0.1) is 12.8 Å². The number of nitrogens with one attached hydrogen (secondary N) is 1. The number of carbonyl (C=O) groups excluding carboxylic acids is 3. The van der Waals surface area contributed by atoms with Crippen molar-refractivity contribution in [3.63, 3.8) is 0 Å². The van der Waals surface area contributed by atoms with Crippen LogP contribution in [0.5, 0.6) is 5.75 Å². The Balaban J connectivity index is 1.60. The summed E-state index contributed by atoms with van der Waals surface area (Å²) < 4.78 is 5.39. The molecule has 170 valence electrons. The molecule has 0 radical (unpaired) electrons. The Kier molecular flexibility index (Phi) is 7.18. The highest BCUT2D eigenvalue weighted by atomic mass is 16.5. The van der Waals surface area contributed by atoms with Crippen LogP contribution >= 0.6 is 0 Å². The summed E-state index contributed by atoms with van der Waals surface area (Å²) in [4.78, 5) is 41.0. The van der Waals surface area contributed by atoms with Crippen molar-refractivity contribution in [2.75, 3.05) is 25.6 Å². The Bertz CT molecular complexity index is 1000. The molecule has 0 saturated carbocycles. The van der Waals surface area contributed by atoms with E-state index in [1.165, 1.54) is 0 Å². The normalized spacial score (nSPS) is 15.8. The average Bonchev–Trinajstić information content (AvgIpc) is 3.18. The maximum absolute atomic E-state index is 12.7. The Hall–Kier alpha value is -3.35. The number of anilines is 1. The first kappa shape index (κ1) is 23.3. The second kappa shape index (κ2) is 9.85. The smallest absolute Gasteiger partial charge is 0.253 e. The van der Waals surface area contributed by atoms with Gasteiger partial charge in [-0.1, -0.05) is 18.2 Å². The minimum Gasteiger partial charge on any atom is -0.495 e. The molecule has 0 aliphatic carbocycles. The molecule has 3 rings (SSSR count). The molecular weight excluding hydrogens is 406 g/mol. The van der Waals surface area contributed by atoms with Gasteiger partial charge < -0.3 is 19.9 Å². The van der Waals surface area contributed by atoms with E-state index in [0.29, 0.717) is 30.1 Å². The van der Waals surface area contributed by atoms with Gasteiger partial charge in [-0.3, -0.25) is 14.4 Å². The number of methoxy groups -OCH3 is 1. The quantitative estimate of drug-likeness (QED) is 0.722. The summed E-state index contributed by atoms with van der Waals surface area (Å²) >= 11 is 0. The van der Waals surface area contributed by atoms with Crippen LogP contribution in [0.2, 0.25) is 0 Å². The van der Waals surface area contributed by atoms with E-state index in [-0.39, 0.29) is 30.2 Å². The lowest BCUT2D eigenvalue weighted by Gasteiger charge is -2.21. The first-order chi connectivity index (χ1) is 15.2. The van der Waals surface area contributed by atoms with Gasteiger partial charge in [0.05, 0.1) is 18.7 Å². The Morgan fingerprint density at radius 2 is 1.88 bits per heavy atom. The monoisotopic (exact) mass is 437 g/mol. The zero-order valence-corrected chi connectivity index (χ0v) is 19.3. The third-order valence-corrected chi connectivity index (χ3v) is 5.88. The van der Waals surface area contributed by atoms with Crippen LogP contribution in [0.1, 0.15) is 41.8 Å². The van der Waals surface area contributed by atoms with E-state index in [2.05, 4.69) is 5.32 Å². The highest BCUT2D eigenvalue weighted by Crippen LogP contribution is 2.34. The predicted octanol–water partition coefficient (Wildman–Crippen LogP) is 3.15. The molecule has 32 heavy (non-hydrogen) atoms. The largest absolute Gasteiger partial charge is 0.495 e. The second-order valence-corrected chi connectivity index (χ2v) is 8.51. The fourth-order valence-electron chi connectivity index (χ4n) is 3.66. The molecule has 7 heteroatoms. The van der Waals surface area contributed by atoms with Gasteiger partial charge in [-0.15, -0.1) is 0 Å². The van der Waals surface area contributed by atoms with E-state index >= 15 is 0 Å². The van der Waals surface area contributed by atoms with Gasteiger partial charge in [-0.05, 0) is 56.2 Å². The van der Waals surface area contributed by atoms with Crippen molar-refractivity contribution in [1.82, 2.24) is 10.2 Å². The fourth-order valence-corrected chi connectivity index (χ4v) is 3.66. The van der Waals surface area contributed by atoms with Crippen molar-refractivity contribution >= 4 is 23.4 Å². The maximum atomic E-state index is 12.7. The molecule has 1 N–H and O–H groups in total. The lowest BCUT2D eigenvalue weighted by atomic mass is 10.1. The van der Waals surface area contributed by atoms with Crippen molar-refractivity contribution in [2.45, 2.75) is 39.8 Å². The van der Waals surface area contributed by atoms with Crippen LogP contribution in [0.4, 0.5) is 5.69 Å². The number of carbonyl (C=O) groups is 3. The molecule has 1 atom stereocenters. The van der Waals surface area contributed by atoms with Gasteiger partial charge in [-0.2, -0.15) is 0 Å². The van der Waals surface area contributed by atoms with Crippen molar-refractivity contribution < 1.29 is 19.1 Å². The van der Waals surface area contributed by atoms with Crippen molar-refractivity contribution in [1.29, 1.82) is 0 Å². The second-order valence-electron chi connectivity index (χ2n) is 8.51. The van der Waals surface area contributed by atoms with Crippen LogP contribution in [0.25, 0.3) is 0 Å². The molecule has 1 unspecified atom stereocenters. The van der Waals surface area contributed by atoms with E-state index in [9.17, 15) is 14.4 Å². The van der Waals surface area contributed by atoms with Gasteiger partial charge in [0, 0.05) is 38.2 Å². The number of ether oxygens (including phenoxy) is 1. The van der Waals surface area contributed by atoms with Crippen LogP contribution in [-0.2, 0) is 16.1 Å². The number of hydrogen-bond acceptors (Lipinski definition) is 4. The van der Waals surface area contributed by atoms with E-state index in [1.807, 2.05) is 51.1 Å². The minimum atomic E-state index is -0.423. The van der Waals surface area contributed by atoms with Gasteiger partial charge in [0.15, 0.2) is 0 Å². The Labute approximate surface area is 189 Å². The molecule has 1 aliphatic rings. The van der Waals surface area contributed by atoms with Crippen molar-refractivity contribution in [3.8, 4) is 5.75 Å². The van der Waals surface area contributed by atoms with Gasteiger partial charge in [-0.25, -0.2) is 0 Å². The third kappa shape index (κ3) is 5.10. The lowest BCUT2D eigenvalue weighted by Crippen LogP contribution is -2.33. The molecule has 0 spiro atoms. The van der Waals surface area contributed by atoms with Crippen LogP contribution in [0.15, 0.2) is 42.5 Å². The lowest BCUT2D eigenvalue weighted by molar-refractivity contribution is -0.126. The van der Waals surface area contributed by atoms with Crippen molar-refractivity contribution in [3.05, 3.63) is 59.2 Å². The molecular formula is C25H31N3O4. The summed E-state index contributed by atoms with van der Waals surface area (Å²) in [5.74, 6) is -0.0962. The fraction of sp³-hybridized carbons (Fsp3) is 0.400. The molecule has 2 aromatic rings. The predicted molar refractivity (Wildman–Crippen MR) is 124 cm³/mol. The molecule has 7 nitrogen and oxygen atoms in total. The topological polar surface area (TPSA) is 79.0 Å². The Morgan fingerprint density at radius 3 is 2.50 bits per heavy atom. The van der Waals surface area contributed by atoms with Gasteiger partial charge >= 0.3 is 0 Å². The molecule has 1 saturated heterocycles. The molecule has 1 aliphatic heterocycles. The number of nitrogens with zero attached hydrogens (tertiary/aromatic N) is 2. The highest BCUT2D eigenvalue weighted by molar-refractivity contribution is 6.01. The Morgan fingerprint density at radius 1 is 1.19 bits per heavy atom. The zero-order valence-electron chi connectivity index (χ0n) is 19.3. The summed E-state index contributed by atoms with van der Waals surface area (Å²) in [5.41, 5.74) is 3.21. The number of rotatable bonds is 7. The number of hydrogen-bond donors (Lipinski definition) is 1. The summed E-state index contributed by atoms with van der Waals surface area (Å²) in [6.45, 7) is 6.54. The van der Waals surface area contributed by atoms with Crippen LogP contribution < -0.4 is 15.0 Å². The highest BCUT2D eigenvalue weighted by Gasteiger charge is 2.36. The van der Waals surface area contributed by atoms with E-state index in [0.717, 1.165) is 11.1 Å². The van der Waals surface area contributed by atoms with E-state index < -0.39 is 5.92 Å². The molecule has 0 bridgehead atoms. The summed E-state index contributed by atoms with van der Waals surface area (Å²) in [7, 11) is 3.35. The molecule has 0 aromatic heterocycles. The summed E-state index contributed by atoms with van der Waals surface area (Å²) in [6, 6.07) is 13.0. The maximum Gasteiger partial charge on any atom is 0.253 e. The first-order valence-corrected chi connectivity index (χ1v) is 10.8. The van der Waals surface area contributed by atoms with Crippen molar-refractivity contribution in [2.24, 2.45) is 5.92 Å². The standard InChI is InChI=1S/C25H31N3O4/c1-16(2)27(4)25(31)19-9-7-18(8-10-19)14-26-24(30)20-13-23(29)28(15-20)21-12-17(3)6-11-22(21)32-5/h6-12,16,20H,13-15H2,1-5H3,(H,26,30). The number of amides is 3. The zero-order chi connectivity index (χ0) is 23.4. The van der Waals surface area contributed by atoms with E-state index in [1.54, 1.807) is 36.1 Å². The SMILES string of the molecule is COc1ccc(C)cc1N1CC(C(=O)NCc2ccc(C(=O)N(C)C(C)C)cc2)CC1=O. The van der Waals surface area contributed by atoms with Gasteiger partial charge in [0.25, 0.3) is 5.91 Å².